The molecule has 1 aliphatic rings. The number of amides is 1. The van der Waals surface area contributed by atoms with Crippen LogP contribution in [0.1, 0.15) is 26.7 Å². The van der Waals surface area contributed by atoms with Crippen LogP contribution in [0.15, 0.2) is 24.3 Å². The van der Waals surface area contributed by atoms with Gasteiger partial charge in [-0.25, -0.2) is 9.59 Å². The fourth-order valence-electron chi connectivity index (χ4n) is 2.81. The molecule has 0 bridgehead atoms. The van der Waals surface area contributed by atoms with E-state index in [0.29, 0.717) is 25.6 Å². The summed E-state index contributed by atoms with van der Waals surface area (Å²) in [6, 6.07) is 7.41. The Morgan fingerprint density at radius 2 is 1.84 bits per heavy atom. The molecule has 0 aromatic heterocycles. The molecular formula is C18H26N2O5. The predicted molar refractivity (Wildman–Crippen MR) is 94.0 cm³/mol. The van der Waals surface area contributed by atoms with Crippen LogP contribution in [0.25, 0.3) is 0 Å². The molecule has 7 nitrogen and oxygen atoms in total. The highest BCUT2D eigenvalue weighted by Crippen LogP contribution is 2.22. The molecule has 2 rings (SSSR count). The molecule has 25 heavy (non-hydrogen) atoms. The number of anilines is 1. The van der Waals surface area contributed by atoms with E-state index in [1.165, 1.54) is 12.0 Å². The van der Waals surface area contributed by atoms with Crippen LogP contribution in [0.2, 0.25) is 0 Å². The van der Waals surface area contributed by atoms with E-state index in [4.69, 9.17) is 14.6 Å². The molecule has 1 fully saturated rings. The minimum Gasteiger partial charge on any atom is -0.493 e. The Kier molecular flexibility index (Phi) is 6.12. The van der Waals surface area contributed by atoms with E-state index in [0.717, 1.165) is 24.3 Å². The number of carbonyl (C=O) groups is 2. The summed E-state index contributed by atoms with van der Waals surface area (Å²) in [5.41, 5.74) is -0.00703. The van der Waals surface area contributed by atoms with Gasteiger partial charge in [0.25, 0.3) is 0 Å². The number of methoxy groups -OCH3 is 1. The molecule has 1 saturated heterocycles. The van der Waals surface area contributed by atoms with Crippen molar-refractivity contribution in [2.24, 2.45) is 5.92 Å². The van der Waals surface area contributed by atoms with Crippen LogP contribution in [-0.4, -0.2) is 54.4 Å². The number of nitrogens with one attached hydrogen (secondary N) is 1. The fraction of sp³-hybridized carbons (Fsp3) is 0.556. The van der Waals surface area contributed by atoms with Crippen molar-refractivity contribution in [2.75, 3.05) is 32.1 Å². The maximum Gasteiger partial charge on any atom is 0.407 e. The third kappa shape index (κ3) is 5.27. The van der Waals surface area contributed by atoms with E-state index in [1.54, 1.807) is 13.8 Å². The Labute approximate surface area is 147 Å². The molecule has 0 spiro atoms. The Balaban J connectivity index is 1.81. The Bertz CT molecular complexity index is 592. The number of likely N-dealkylation sites (tertiary alicyclic amines) is 1. The number of esters is 1. The molecule has 0 radical (unpaired) electrons. The first kappa shape index (κ1) is 18.9. The fourth-order valence-corrected chi connectivity index (χ4v) is 2.81. The molecule has 7 heteroatoms. The first-order valence-corrected chi connectivity index (χ1v) is 8.39. The summed E-state index contributed by atoms with van der Waals surface area (Å²) in [5.74, 6) is 0.786. The third-order valence-corrected chi connectivity index (χ3v) is 4.38. The third-order valence-electron chi connectivity index (χ3n) is 4.38. The Morgan fingerprint density at radius 1 is 1.24 bits per heavy atom. The largest absolute Gasteiger partial charge is 0.493 e. The lowest BCUT2D eigenvalue weighted by Gasteiger charge is -2.29. The molecule has 1 aliphatic heterocycles. The molecule has 138 valence electrons. The smallest absolute Gasteiger partial charge is 0.407 e. The molecular weight excluding hydrogens is 324 g/mol. The average molecular weight is 350 g/mol. The zero-order valence-corrected chi connectivity index (χ0v) is 14.9. The Morgan fingerprint density at radius 3 is 2.36 bits per heavy atom. The second-order valence-electron chi connectivity index (χ2n) is 6.79. The number of hydrogen-bond acceptors (Lipinski definition) is 5. The molecule has 0 saturated carbocycles. The topological polar surface area (TPSA) is 88.1 Å². The highest BCUT2D eigenvalue weighted by molar-refractivity contribution is 5.83. The second kappa shape index (κ2) is 8.09. The van der Waals surface area contributed by atoms with Gasteiger partial charge in [-0.05, 0) is 56.9 Å². The van der Waals surface area contributed by atoms with Crippen molar-refractivity contribution in [3.05, 3.63) is 24.3 Å². The van der Waals surface area contributed by atoms with Gasteiger partial charge in [0, 0.05) is 18.8 Å². The zero-order valence-electron chi connectivity index (χ0n) is 14.9. The minimum absolute atomic E-state index is 0.333. The van der Waals surface area contributed by atoms with Crippen LogP contribution < -0.4 is 10.1 Å². The van der Waals surface area contributed by atoms with Gasteiger partial charge in [0.2, 0.25) is 0 Å². The van der Waals surface area contributed by atoms with Crippen LogP contribution >= 0.6 is 0 Å². The molecule has 1 aromatic rings. The van der Waals surface area contributed by atoms with Crippen molar-refractivity contribution in [1.29, 1.82) is 0 Å². The van der Waals surface area contributed by atoms with Gasteiger partial charge in [-0.3, -0.25) is 0 Å². The van der Waals surface area contributed by atoms with E-state index < -0.39 is 11.6 Å². The predicted octanol–water partition coefficient (Wildman–Crippen LogP) is 2.82. The summed E-state index contributed by atoms with van der Waals surface area (Å²) in [6.07, 6.45) is 0.788. The lowest BCUT2D eigenvalue weighted by atomic mass is 9.98. The van der Waals surface area contributed by atoms with Gasteiger partial charge in [0.05, 0.1) is 13.7 Å². The van der Waals surface area contributed by atoms with Gasteiger partial charge in [-0.15, -0.1) is 0 Å². The number of ether oxygens (including phenoxy) is 2. The molecule has 0 atom stereocenters. The lowest BCUT2D eigenvalue weighted by Crippen LogP contribution is -2.41. The van der Waals surface area contributed by atoms with E-state index in [1.807, 2.05) is 24.3 Å². The average Bonchev–Trinajstić information content (AvgIpc) is 2.60. The summed E-state index contributed by atoms with van der Waals surface area (Å²) in [5, 5.41) is 12.1. The summed E-state index contributed by atoms with van der Waals surface area (Å²) >= 11 is 0. The van der Waals surface area contributed by atoms with Gasteiger partial charge >= 0.3 is 12.1 Å². The minimum atomic E-state index is -0.850. The van der Waals surface area contributed by atoms with E-state index in [2.05, 4.69) is 5.32 Å². The number of carbonyl (C=O) groups excluding carboxylic acids is 1. The van der Waals surface area contributed by atoms with Gasteiger partial charge in [-0.2, -0.15) is 0 Å². The quantitative estimate of drug-likeness (QED) is 0.767. The van der Waals surface area contributed by atoms with Crippen molar-refractivity contribution in [2.45, 2.75) is 32.2 Å². The van der Waals surface area contributed by atoms with Crippen molar-refractivity contribution < 1.29 is 24.2 Å². The standard InChI is InChI=1S/C18H26N2O5/c1-18(2,16(21)24-3)19-14-4-6-15(7-5-14)25-12-13-8-10-20(11-9-13)17(22)23/h4-7,13,19H,8-12H2,1-3H3,(H,22,23). The van der Waals surface area contributed by atoms with Gasteiger partial charge in [0.15, 0.2) is 0 Å². The number of benzene rings is 1. The molecule has 1 amide bonds. The van der Waals surface area contributed by atoms with Gasteiger partial charge < -0.3 is 24.8 Å². The number of piperidine rings is 1. The first-order chi connectivity index (χ1) is 11.8. The highest BCUT2D eigenvalue weighted by atomic mass is 16.5. The lowest BCUT2D eigenvalue weighted by molar-refractivity contribution is -0.144. The molecule has 2 N–H and O–H groups in total. The second-order valence-corrected chi connectivity index (χ2v) is 6.79. The first-order valence-electron chi connectivity index (χ1n) is 8.39. The number of rotatable bonds is 6. The number of nitrogens with zero attached hydrogens (tertiary/aromatic N) is 1. The zero-order chi connectivity index (χ0) is 18.4. The normalized spacial score (nSPS) is 15.6. The molecule has 1 aromatic carbocycles. The van der Waals surface area contributed by atoms with Crippen molar-refractivity contribution >= 4 is 17.7 Å². The Hall–Kier alpha value is -2.44. The van der Waals surface area contributed by atoms with E-state index >= 15 is 0 Å². The maximum atomic E-state index is 11.7. The maximum absolute atomic E-state index is 11.7. The van der Waals surface area contributed by atoms with E-state index in [9.17, 15) is 9.59 Å². The van der Waals surface area contributed by atoms with Crippen LogP contribution in [0.5, 0.6) is 5.75 Å². The van der Waals surface area contributed by atoms with Crippen LogP contribution in [0, 0.1) is 5.92 Å². The summed E-state index contributed by atoms with van der Waals surface area (Å²) in [6.45, 7) is 5.22. The molecule has 0 aliphatic carbocycles. The summed E-state index contributed by atoms with van der Waals surface area (Å²) in [7, 11) is 1.36. The van der Waals surface area contributed by atoms with Gasteiger partial charge in [-0.1, -0.05) is 0 Å². The summed E-state index contributed by atoms with van der Waals surface area (Å²) < 4.78 is 10.6. The highest BCUT2D eigenvalue weighted by Gasteiger charge is 2.28. The monoisotopic (exact) mass is 350 g/mol. The molecule has 0 unspecified atom stereocenters. The van der Waals surface area contributed by atoms with Crippen LogP contribution in [0.4, 0.5) is 10.5 Å². The SMILES string of the molecule is COC(=O)C(C)(C)Nc1ccc(OCC2CCN(C(=O)O)CC2)cc1. The summed E-state index contributed by atoms with van der Waals surface area (Å²) in [4.78, 5) is 24.0. The van der Waals surface area contributed by atoms with Crippen molar-refractivity contribution in [1.82, 2.24) is 4.90 Å². The van der Waals surface area contributed by atoms with Gasteiger partial charge in [0.1, 0.15) is 11.3 Å². The van der Waals surface area contributed by atoms with Crippen LogP contribution in [-0.2, 0) is 9.53 Å². The number of hydrogen-bond donors (Lipinski definition) is 2. The molecule has 1 heterocycles. The van der Waals surface area contributed by atoms with Crippen molar-refractivity contribution in [3.63, 3.8) is 0 Å². The van der Waals surface area contributed by atoms with E-state index in [-0.39, 0.29) is 5.97 Å². The van der Waals surface area contributed by atoms with Crippen molar-refractivity contribution in [3.8, 4) is 5.75 Å². The van der Waals surface area contributed by atoms with Crippen LogP contribution in [0.3, 0.4) is 0 Å². The number of carboxylic acid groups (broad SMARTS) is 1.